The molecule has 26 heavy (non-hydrogen) atoms. The van der Waals surface area contributed by atoms with E-state index in [1.165, 1.54) is 0 Å². The Balaban J connectivity index is 1.49. The van der Waals surface area contributed by atoms with Gasteiger partial charge in [0.05, 0.1) is 30.7 Å². The third-order valence-electron chi connectivity index (χ3n) is 4.79. The number of halogens is 1. The summed E-state index contributed by atoms with van der Waals surface area (Å²) in [5.74, 6) is 2.39. The summed E-state index contributed by atoms with van der Waals surface area (Å²) >= 11 is 6.21. The molecule has 2 aromatic rings. The highest BCUT2D eigenvalue weighted by molar-refractivity contribution is 6.32. The fraction of sp³-hybridized carbons (Fsp3) is 0.474. The van der Waals surface area contributed by atoms with Gasteiger partial charge in [0.2, 0.25) is 0 Å². The summed E-state index contributed by atoms with van der Waals surface area (Å²) in [4.78, 5) is 19.3. The minimum atomic E-state index is -0.0608. The van der Waals surface area contributed by atoms with Crippen LogP contribution in [0.5, 0.6) is 5.75 Å². The van der Waals surface area contributed by atoms with Crippen LogP contribution in [0.25, 0.3) is 0 Å². The number of aromatic nitrogens is 1. The van der Waals surface area contributed by atoms with Crippen LogP contribution in [0.3, 0.4) is 0 Å². The van der Waals surface area contributed by atoms with Gasteiger partial charge in [-0.25, -0.2) is 4.98 Å². The molecule has 0 radical (unpaired) electrons. The highest BCUT2D eigenvalue weighted by atomic mass is 35.5. The monoisotopic (exact) mass is 376 g/mol. The molecule has 138 valence electrons. The zero-order chi connectivity index (χ0) is 18.1. The Hall–Kier alpha value is -2.05. The zero-order valence-electron chi connectivity index (χ0n) is 14.7. The third kappa shape index (κ3) is 3.31. The Morgan fingerprint density at radius 3 is 3.08 bits per heavy atom. The summed E-state index contributed by atoms with van der Waals surface area (Å²) in [5, 5.41) is 0.445. The van der Waals surface area contributed by atoms with Gasteiger partial charge in [-0.05, 0) is 31.5 Å². The fourth-order valence-electron chi connectivity index (χ4n) is 3.38. The summed E-state index contributed by atoms with van der Waals surface area (Å²) in [6, 6.07) is 5.15. The van der Waals surface area contributed by atoms with Crippen molar-refractivity contribution in [2.45, 2.75) is 32.2 Å². The number of hydrogen-bond donors (Lipinski definition) is 0. The molecule has 2 aliphatic rings. The predicted octanol–water partition coefficient (Wildman–Crippen LogP) is 3.43. The quantitative estimate of drug-likeness (QED) is 0.817. The van der Waals surface area contributed by atoms with Crippen molar-refractivity contribution in [1.29, 1.82) is 0 Å². The molecule has 0 aliphatic carbocycles. The molecule has 0 N–H and O–H groups in total. The van der Waals surface area contributed by atoms with Gasteiger partial charge in [0, 0.05) is 25.1 Å². The van der Waals surface area contributed by atoms with Gasteiger partial charge < -0.3 is 18.8 Å². The summed E-state index contributed by atoms with van der Waals surface area (Å²) in [6.07, 6.45) is 1.61. The molecule has 1 amide bonds. The second-order valence-electron chi connectivity index (χ2n) is 6.54. The van der Waals surface area contributed by atoms with E-state index in [0.717, 1.165) is 30.4 Å². The third-order valence-corrected chi connectivity index (χ3v) is 5.08. The Morgan fingerprint density at radius 2 is 2.35 bits per heavy atom. The van der Waals surface area contributed by atoms with Crippen LogP contribution in [0, 0.1) is 0 Å². The van der Waals surface area contributed by atoms with Gasteiger partial charge in [0.15, 0.2) is 5.89 Å². The molecule has 3 heterocycles. The first-order valence-electron chi connectivity index (χ1n) is 8.93. The van der Waals surface area contributed by atoms with Crippen LogP contribution in [-0.2, 0) is 17.7 Å². The average molecular weight is 377 g/mol. The number of carbonyl (C=O) groups is 1. The van der Waals surface area contributed by atoms with Crippen molar-refractivity contribution >= 4 is 17.5 Å². The minimum Gasteiger partial charge on any atom is -0.492 e. The average Bonchev–Trinajstić information content (AvgIpc) is 3.31. The minimum absolute atomic E-state index is 0.0608. The molecule has 2 aliphatic heterocycles. The Bertz CT molecular complexity index is 814. The standard InChI is InChI=1S/C19H21ClN2O4/c1-2-25-16-4-3-12(9-14(16)20)19(23)22-7-5-17-15(10-22)21-18(26-17)13-6-8-24-11-13/h3-4,9,13H,2,5-8,10-11H2,1H3. The summed E-state index contributed by atoms with van der Waals surface area (Å²) in [7, 11) is 0. The second-order valence-corrected chi connectivity index (χ2v) is 6.94. The van der Waals surface area contributed by atoms with Crippen LogP contribution in [0.4, 0.5) is 0 Å². The fourth-order valence-corrected chi connectivity index (χ4v) is 3.62. The van der Waals surface area contributed by atoms with Crippen LogP contribution in [0.15, 0.2) is 22.6 Å². The van der Waals surface area contributed by atoms with E-state index in [1.807, 2.05) is 6.92 Å². The Labute approximate surface area is 157 Å². The predicted molar refractivity (Wildman–Crippen MR) is 95.7 cm³/mol. The largest absolute Gasteiger partial charge is 0.492 e. The van der Waals surface area contributed by atoms with E-state index in [0.29, 0.717) is 49.1 Å². The molecule has 1 unspecified atom stereocenters. The maximum absolute atomic E-state index is 12.8. The molecule has 0 spiro atoms. The molecule has 1 atom stereocenters. The van der Waals surface area contributed by atoms with Crippen molar-refractivity contribution in [3.63, 3.8) is 0 Å². The first-order valence-corrected chi connectivity index (χ1v) is 9.31. The van der Waals surface area contributed by atoms with E-state index >= 15 is 0 Å². The van der Waals surface area contributed by atoms with Gasteiger partial charge in [-0.1, -0.05) is 11.6 Å². The van der Waals surface area contributed by atoms with Gasteiger partial charge >= 0.3 is 0 Å². The second kappa shape index (κ2) is 7.29. The lowest BCUT2D eigenvalue weighted by Gasteiger charge is -2.25. The number of carbonyl (C=O) groups excluding carboxylic acids is 1. The summed E-state index contributed by atoms with van der Waals surface area (Å²) in [5.41, 5.74) is 1.40. The van der Waals surface area contributed by atoms with Crippen LogP contribution in [-0.4, -0.2) is 42.2 Å². The van der Waals surface area contributed by atoms with Crippen molar-refractivity contribution in [1.82, 2.24) is 9.88 Å². The number of ether oxygens (including phenoxy) is 2. The molecular weight excluding hydrogens is 356 g/mol. The molecule has 1 fully saturated rings. The van der Waals surface area contributed by atoms with Crippen LogP contribution < -0.4 is 4.74 Å². The van der Waals surface area contributed by atoms with Crippen LogP contribution >= 0.6 is 11.6 Å². The topological polar surface area (TPSA) is 64.8 Å². The van der Waals surface area contributed by atoms with E-state index < -0.39 is 0 Å². The van der Waals surface area contributed by atoms with E-state index in [1.54, 1.807) is 23.1 Å². The Morgan fingerprint density at radius 1 is 1.46 bits per heavy atom. The van der Waals surface area contributed by atoms with E-state index in [2.05, 4.69) is 4.98 Å². The molecule has 0 bridgehead atoms. The van der Waals surface area contributed by atoms with E-state index in [4.69, 9.17) is 25.5 Å². The number of oxazole rings is 1. The lowest BCUT2D eigenvalue weighted by molar-refractivity contribution is 0.0728. The highest BCUT2D eigenvalue weighted by Crippen LogP contribution is 2.30. The zero-order valence-corrected chi connectivity index (χ0v) is 15.4. The van der Waals surface area contributed by atoms with Crippen molar-refractivity contribution in [3.8, 4) is 5.75 Å². The van der Waals surface area contributed by atoms with Crippen molar-refractivity contribution in [2.24, 2.45) is 0 Å². The molecule has 1 aromatic carbocycles. The van der Waals surface area contributed by atoms with Gasteiger partial charge in [-0.2, -0.15) is 0 Å². The maximum Gasteiger partial charge on any atom is 0.254 e. The number of amides is 1. The first-order chi connectivity index (χ1) is 12.7. The lowest BCUT2D eigenvalue weighted by Crippen LogP contribution is -2.35. The molecular formula is C19H21ClN2O4. The number of benzene rings is 1. The van der Waals surface area contributed by atoms with Gasteiger partial charge in [-0.15, -0.1) is 0 Å². The normalized spacial score (nSPS) is 19.5. The van der Waals surface area contributed by atoms with Crippen molar-refractivity contribution < 1.29 is 18.7 Å². The number of fused-ring (bicyclic) bond motifs is 1. The van der Waals surface area contributed by atoms with Crippen molar-refractivity contribution in [2.75, 3.05) is 26.4 Å². The number of rotatable bonds is 4. The number of nitrogens with zero attached hydrogens (tertiary/aromatic N) is 2. The molecule has 7 heteroatoms. The van der Waals surface area contributed by atoms with Gasteiger partial charge in [-0.3, -0.25) is 4.79 Å². The lowest BCUT2D eigenvalue weighted by atomic mass is 10.1. The molecule has 1 saturated heterocycles. The molecule has 1 aromatic heterocycles. The number of hydrogen-bond acceptors (Lipinski definition) is 5. The Kier molecular flexibility index (Phi) is 4.87. The van der Waals surface area contributed by atoms with Crippen LogP contribution in [0.2, 0.25) is 5.02 Å². The molecule has 0 saturated carbocycles. The highest BCUT2D eigenvalue weighted by Gasteiger charge is 2.30. The van der Waals surface area contributed by atoms with Gasteiger partial charge in [0.25, 0.3) is 5.91 Å². The van der Waals surface area contributed by atoms with Gasteiger partial charge in [0.1, 0.15) is 17.2 Å². The maximum atomic E-state index is 12.8. The van der Waals surface area contributed by atoms with E-state index in [-0.39, 0.29) is 11.8 Å². The summed E-state index contributed by atoms with van der Waals surface area (Å²) < 4.78 is 16.8. The smallest absolute Gasteiger partial charge is 0.254 e. The van der Waals surface area contributed by atoms with E-state index in [9.17, 15) is 4.79 Å². The first kappa shape index (κ1) is 17.4. The summed E-state index contributed by atoms with van der Waals surface area (Å²) in [6.45, 7) is 4.89. The van der Waals surface area contributed by atoms with Crippen molar-refractivity contribution in [3.05, 3.63) is 46.1 Å². The molecule has 6 nitrogen and oxygen atoms in total. The van der Waals surface area contributed by atoms with Crippen LogP contribution in [0.1, 0.15) is 47.0 Å². The molecule has 4 rings (SSSR count). The SMILES string of the molecule is CCOc1ccc(C(=O)N2CCc3oc(C4CCOC4)nc3C2)cc1Cl.